The average molecular weight is 331 g/mol. The Balaban J connectivity index is 1.86. The predicted octanol–water partition coefficient (Wildman–Crippen LogP) is 3.17. The molecule has 3 nitrogen and oxygen atoms in total. The van der Waals surface area contributed by atoms with Crippen molar-refractivity contribution in [1.29, 1.82) is 0 Å². The molecule has 0 bridgehead atoms. The van der Waals surface area contributed by atoms with E-state index in [2.05, 4.69) is 37.6 Å². The third-order valence-electron chi connectivity index (χ3n) is 4.00. The van der Waals surface area contributed by atoms with E-state index in [9.17, 15) is 0 Å². The normalized spacial score (nSPS) is 28.5. The molecule has 98 valence electrons. The highest BCUT2D eigenvalue weighted by molar-refractivity contribution is 9.10. The maximum Gasteiger partial charge on any atom is 0.147 e. The van der Waals surface area contributed by atoms with Gasteiger partial charge in [-0.25, -0.2) is 4.98 Å². The molecule has 2 atom stereocenters. The van der Waals surface area contributed by atoms with Gasteiger partial charge in [-0.2, -0.15) is 0 Å². The van der Waals surface area contributed by atoms with Gasteiger partial charge >= 0.3 is 0 Å². The summed E-state index contributed by atoms with van der Waals surface area (Å²) >= 11 is 9.73. The van der Waals surface area contributed by atoms with Crippen LogP contribution in [0.2, 0.25) is 5.02 Å². The summed E-state index contributed by atoms with van der Waals surface area (Å²) in [7, 11) is 0. The third-order valence-corrected chi connectivity index (χ3v) is 4.71. The summed E-state index contributed by atoms with van der Waals surface area (Å²) in [5.74, 6) is 0.930. The van der Waals surface area contributed by atoms with Crippen molar-refractivity contribution in [2.75, 3.05) is 24.5 Å². The van der Waals surface area contributed by atoms with Crippen LogP contribution in [0.25, 0.3) is 0 Å². The van der Waals surface area contributed by atoms with E-state index in [1.807, 2.05) is 12.3 Å². The first-order valence-electron chi connectivity index (χ1n) is 6.47. The second-order valence-corrected chi connectivity index (χ2v) is 6.57. The maximum absolute atomic E-state index is 6.32. The molecule has 0 aliphatic carbocycles. The Hall–Kier alpha value is -0.320. The smallest absolute Gasteiger partial charge is 0.147 e. The van der Waals surface area contributed by atoms with Crippen LogP contribution in [0.5, 0.6) is 0 Å². The minimum Gasteiger partial charge on any atom is -0.350 e. The molecule has 0 aromatic carbocycles. The third kappa shape index (κ3) is 2.26. The number of fused-ring (bicyclic) bond motifs is 1. The van der Waals surface area contributed by atoms with Crippen LogP contribution in [-0.2, 0) is 0 Å². The molecule has 5 heteroatoms. The lowest BCUT2D eigenvalue weighted by Gasteiger charge is -2.43. The van der Waals surface area contributed by atoms with Gasteiger partial charge in [0.05, 0.1) is 5.02 Å². The Morgan fingerprint density at radius 2 is 2.28 bits per heavy atom. The molecule has 1 aromatic heterocycles. The van der Waals surface area contributed by atoms with Crippen molar-refractivity contribution in [3.8, 4) is 0 Å². The number of halogens is 2. The van der Waals surface area contributed by atoms with E-state index in [-0.39, 0.29) is 0 Å². The van der Waals surface area contributed by atoms with E-state index < -0.39 is 0 Å². The topological polar surface area (TPSA) is 19.4 Å². The molecule has 0 spiro atoms. The lowest BCUT2D eigenvalue weighted by atomic mass is 10.1. The Morgan fingerprint density at radius 1 is 1.44 bits per heavy atom. The Morgan fingerprint density at radius 3 is 3.06 bits per heavy atom. The lowest BCUT2D eigenvalue weighted by Crippen LogP contribution is -2.55. The fraction of sp³-hybridized carbons (Fsp3) is 0.615. The Bertz CT molecular complexity index is 454. The van der Waals surface area contributed by atoms with E-state index >= 15 is 0 Å². The molecular formula is C13H17BrClN3. The lowest BCUT2D eigenvalue weighted by molar-refractivity contribution is 0.202. The molecule has 2 fully saturated rings. The summed E-state index contributed by atoms with van der Waals surface area (Å²) in [6.07, 6.45) is 4.46. The van der Waals surface area contributed by atoms with E-state index in [1.54, 1.807) is 0 Å². The first-order valence-corrected chi connectivity index (χ1v) is 7.64. The van der Waals surface area contributed by atoms with Gasteiger partial charge in [-0.15, -0.1) is 0 Å². The zero-order valence-corrected chi connectivity index (χ0v) is 12.8. The van der Waals surface area contributed by atoms with Crippen molar-refractivity contribution in [3.05, 3.63) is 21.8 Å². The number of anilines is 1. The number of pyridine rings is 1. The number of hydrogen-bond donors (Lipinski definition) is 0. The molecular weight excluding hydrogens is 314 g/mol. The van der Waals surface area contributed by atoms with Crippen LogP contribution < -0.4 is 4.90 Å². The van der Waals surface area contributed by atoms with Crippen LogP contribution in [0.3, 0.4) is 0 Å². The number of hydrogen-bond acceptors (Lipinski definition) is 3. The first kappa shape index (κ1) is 12.7. The minimum atomic E-state index is 0.477. The highest BCUT2D eigenvalue weighted by Gasteiger charge is 2.35. The number of rotatable bonds is 1. The summed E-state index contributed by atoms with van der Waals surface area (Å²) in [5, 5.41) is 0.739. The molecule has 2 aliphatic rings. The van der Waals surface area contributed by atoms with Crippen LogP contribution in [0.1, 0.15) is 19.8 Å². The van der Waals surface area contributed by atoms with Crippen molar-refractivity contribution in [2.24, 2.45) is 0 Å². The van der Waals surface area contributed by atoms with E-state index in [1.165, 1.54) is 19.4 Å². The second-order valence-electron chi connectivity index (χ2n) is 5.25. The molecule has 0 radical (unpaired) electrons. The monoisotopic (exact) mass is 329 g/mol. The summed E-state index contributed by atoms with van der Waals surface area (Å²) in [5.41, 5.74) is 0. The molecule has 0 saturated carbocycles. The molecule has 3 rings (SSSR count). The van der Waals surface area contributed by atoms with Gasteiger partial charge in [0.15, 0.2) is 0 Å². The van der Waals surface area contributed by atoms with E-state index in [0.29, 0.717) is 12.1 Å². The second kappa shape index (κ2) is 4.99. The largest absolute Gasteiger partial charge is 0.350 e. The Labute approximate surface area is 121 Å². The summed E-state index contributed by atoms with van der Waals surface area (Å²) < 4.78 is 0.934. The van der Waals surface area contributed by atoms with Gasteiger partial charge in [-0.3, -0.25) is 4.90 Å². The maximum atomic E-state index is 6.32. The van der Waals surface area contributed by atoms with Gasteiger partial charge in [-0.05, 0) is 48.3 Å². The molecule has 2 unspecified atom stereocenters. The Kier molecular flexibility index (Phi) is 3.52. The molecule has 18 heavy (non-hydrogen) atoms. The SMILES string of the molecule is CC1CN2CCCC2CN1c1ncc(Br)cc1Cl. The van der Waals surface area contributed by atoms with Gasteiger partial charge in [0.1, 0.15) is 5.82 Å². The van der Waals surface area contributed by atoms with Crippen LogP contribution in [0, 0.1) is 0 Å². The van der Waals surface area contributed by atoms with E-state index in [4.69, 9.17) is 11.6 Å². The molecule has 1 aromatic rings. The van der Waals surface area contributed by atoms with E-state index in [0.717, 1.165) is 28.4 Å². The first-order chi connectivity index (χ1) is 8.65. The molecule has 2 saturated heterocycles. The van der Waals surface area contributed by atoms with Gasteiger partial charge in [0, 0.05) is 35.8 Å². The quantitative estimate of drug-likeness (QED) is 0.788. The number of aromatic nitrogens is 1. The summed E-state index contributed by atoms with van der Waals surface area (Å²) in [4.78, 5) is 9.46. The summed E-state index contributed by atoms with van der Waals surface area (Å²) in [6, 6.07) is 3.09. The zero-order chi connectivity index (χ0) is 12.7. The minimum absolute atomic E-state index is 0.477. The average Bonchev–Trinajstić information content (AvgIpc) is 2.75. The van der Waals surface area contributed by atoms with Gasteiger partial charge in [-0.1, -0.05) is 11.6 Å². The van der Waals surface area contributed by atoms with Crippen LogP contribution >= 0.6 is 27.5 Å². The van der Waals surface area contributed by atoms with Crippen LogP contribution in [0.15, 0.2) is 16.7 Å². The van der Waals surface area contributed by atoms with Crippen LogP contribution in [0.4, 0.5) is 5.82 Å². The molecule has 2 aliphatic heterocycles. The highest BCUT2D eigenvalue weighted by Crippen LogP contribution is 2.32. The molecule has 0 amide bonds. The van der Waals surface area contributed by atoms with Crippen LogP contribution in [-0.4, -0.2) is 41.6 Å². The van der Waals surface area contributed by atoms with Crippen molar-refractivity contribution in [2.45, 2.75) is 31.8 Å². The van der Waals surface area contributed by atoms with Crippen molar-refractivity contribution >= 4 is 33.3 Å². The highest BCUT2D eigenvalue weighted by atomic mass is 79.9. The summed E-state index contributed by atoms with van der Waals surface area (Å²) in [6.45, 7) is 5.69. The fourth-order valence-corrected chi connectivity index (χ4v) is 3.84. The fourth-order valence-electron chi connectivity index (χ4n) is 3.10. The predicted molar refractivity (Wildman–Crippen MR) is 78.4 cm³/mol. The number of nitrogens with zero attached hydrogens (tertiary/aromatic N) is 3. The zero-order valence-electron chi connectivity index (χ0n) is 10.4. The van der Waals surface area contributed by atoms with Crippen molar-refractivity contribution in [1.82, 2.24) is 9.88 Å². The van der Waals surface area contributed by atoms with Crippen molar-refractivity contribution < 1.29 is 0 Å². The van der Waals surface area contributed by atoms with Gasteiger partial charge < -0.3 is 4.90 Å². The number of piperazine rings is 1. The van der Waals surface area contributed by atoms with Crippen molar-refractivity contribution in [3.63, 3.8) is 0 Å². The molecule has 3 heterocycles. The van der Waals surface area contributed by atoms with Gasteiger partial charge in [0.2, 0.25) is 0 Å². The standard InChI is InChI=1S/C13H17BrClN3/c1-9-7-17-4-2-3-11(17)8-18(9)13-12(15)5-10(14)6-16-13/h5-6,9,11H,2-4,7-8H2,1H3. The van der Waals surface area contributed by atoms with Gasteiger partial charge in [0.25, 0.3) is 0 Å². The molecule has 0 N–H and O–H groups in total.